The van der Waals surface area contributed by atoms with Crippen molar-refractivity contribution in [2.75, 3.05) is 6.54 Å². The summed E-state index contributed by atoms with van der Waals surface area (Å²) in [6.07, 6.45) is 1.62. The first-order chi connectivity index (χ1) is 16.1. The Labute approximate surface area is 199 Å². The van der Waals surface area contributed by atoms with E-state index in [1.165, 1.54) is 34.7 Å². The molecule has 0 spiro atoms. The van der Waals surface area contributed by atoms with Gasteiger partial charge in [-0.15, -0.1) is 11.3 Å². The van der Waals surface area contributed by atoms with Crippen molar-refractivity contribution in [3.05, 3.63) is 93.3 Å². The summed E-state index contributed by atoms with van der Waals surface area (Å²) in [6.45, 7) is 0.959. The lowest BCUT2D eigenvalue weighted by Crippen LogP contribution is -2.27. The van der Waals surface area contributed by atoms with Gasteiger partial charge in [0.15, 0.2) is 5.16 Å². The Balaban J connectivity index is 1.38. The summed E-state index contributed by atoms with van der Waals surface area (Å²) >= 11 is 2.69. The zero-order valence-corrected chi connectivity index (χ0v) is 19.6. The van der Waals surface area contributed by atoms with Gasteiger partial charge >= 0.3 is 0 Å². The average molecular weight is 482 g/mol. The number of benzene rings is 2. The molecule has 0 atom stereocenters. The van der Waals surface area contributed by atoms with Gasteiger partial charge in [0.2, 0.25) is 5.91 Å². The van der Waals surface area contributed by atoms with E-state index in [2.05, 4.69) is 10.3 Å². The first kappa shape index (κ1) is 23.2. The molecule has 4 aromatic rings. The summed E-state index contributed by atoms with van der Waals surface area (Å²) in [5, 5.41) is 5.32. The molecular formula is C25H24FN3O2S2. The van der Waals surface area contributed by atoms with Gasteiger partial charge in [-0.2, -0.15) is 0 Å². The molecule has 170 valence electrons. The molecule has 4 rings (SSSR count). The van der Waals surface area contributed by atoms with E-state index >= 15 is 0 Å². The van der Waals surface area contributed by atoms with Crippen LogP contribution in [0.15, 0.2) is 76.0 Å². The molecular weight excluding hydrogens is 457 g/mol. The smallest absolute Gasteiger partial charge is 0.272 e. The Morgan fingerprint density at radius 1 is 1.09 bits per heavy atom. The summed E-state index contributed by atoms with van der Waals surface area (Å²) in [7, 11) is 0. The minimum absolute atomic E-state index is 0.0373. The van der Waals surface area contributed by atoms with Crippen molar-refractivity contribution in [3.8, 4) is 0 Å². The van der Waals surface area contributed by atoms with Crippen LogP contribution in [0.3, 0.4) is 0 Å². The van der Waals surface area contributed by atoms with Crippen LogP contribution in [0.2, 0.25) is 0 Å². The van der Waals surface area contributed by atoms with Gasteiger partial charge in [-0.3, -0.25) is 14.2 Å². The number of thiophene rings is 1. The summed E-state index contributed by atoms with van der Waals surface area (Å²) in [4.78, 5) is 29.9. The van der Waals surface area contributed by atoms with Crippen LogP contribution in [-0.4, -0.2) is 22.0 Å². The van der Waals surface area contributed by atoms with Gasteiger partial charge in [0.05, 0.1) is 5.52 Å². The maximum Gasteiger partial charge on any atom is 0.272 e. The third kappa shape index (κ3) is 6.09. The van der Waals surface area contributed by atoms with E-state index in [1.807, 2.05) is 41.8 Å². The minimum atomic E-state index is -0.275. The van der Waals surface area contributed by atoms with E-state index in [4.69, 9.17) is 0 Å². The zero-order chi connectivity index (χ0) is 23.0. The number of nitrogens with zero attached hydrogens (tertiary/aromatic N) is 2. The average Bonchev–Trinajstić information content (AvgIpc) is 3.30. The van der Waals surface area contributed by atoms with Gasteiger partial charge in [-0.05, 0) is 41.5 Å². The van der Waals surface area contributed by atoms with Gasteiger partial charge in [0.25, 0.3) is 5.56 Å². The van der Waals surface area contributed by atoms with Crippen molar-refractivity contribution < 1.29 is 9.18 Å². The van der Waals surface area contributed by atoms with Crippen LogP contribution in [0.4, 0.5) is 4.39 Å². The molecule has 2 aromatic carbocycles. The predicted molar refractivity (Wildman–Crippen MR) is 132 cm³/mol. The molecule has 0 aliphatic rings. The van der Waals surface area contributed by atoms with Crippen LogP contribution in [0, 0.1) is 5.82 Å². The molecule has 0 saturated heterocycles. The molecule has 2 aromatic heterocycles. The zero-order valence-electron chi connectivity index (χ0n) is 18.0. The summed E-state index contributed by atoms with van der Waals surface area (Å²) in [5.41, 5.74) is 2.27. The minimum Gasteiger partial charge on any atom is -0.356 e. The normalized spacial score (nSPS) is 11.1. The second-order valence-electron chi connectivity index (χ2n) is 7.56. The topological polar surface area (TPSA) is 64.0 Å². The van der Waals surface area contributed by atoms with Crippen molar-refractivity contribution in [1.82, 2.24) is 14.9 Å². The van der Waals surface area contributed by atoms with E-state index in [0.29, 0.717) is 52.6 Å². The third-order valence-corrected chi connectivity index (χ3v) is 7.13. The van der Waals surface area contributed by atoms with Crippen LogP contribution < -0.4 is 10.9 Å². The number of hydrogen-bond donors (Lipinski definition) is 1. The number of aromatic nitrogens is 2. The highest BCUT2D eigenvalue weighted by Gasteiger charge is 2.14. The van der Waals surface area contributed by atoms with Crippen molar-refractivity contribution in [2.45, 2.75) is 36.7 Å². The van der Waals surface area contributed by atoms with Crippen molar-refractivity contribution in [1.29, 1.82) is 0 Å². The lowest BCUT2D eigenvalue weighted by atomic mass is 10.1. The number of fused-ring (bicyclic) bond motifs is 1. The fourth-order valence-corrected chi connectivity index (χ4v) is 5.26. The number of rotatable bonds is 10. The van der Waals surface area contributed by atoms with Crippen LogP contribution in [0.25, 0.3) is 10.2 Å². The Hall–Kier alpha value is -2.97. The molecule has 5 nitrogen and oxygen atoms in total. The molecule has 33 heavy (non-hydrogen) atoms. The number of nitrogens with one attached hydrogen (secondary N) is 1. The highest BCUT2D eigenvalue weighted by molar-refractivity contribution is 7.98. The Morgan fingerprint density at radius 2 is 1.88 bits per heavy atom. The van der Waals surface area contributed by atoms with E-state index in [9.17, 15) is 14.0 Å². The third-order valence-electron chi connectivity index (χ3n) is 5.21. The molecule has 1 amide bonds. The van der Waals surface area contributed by atoms with E-state index < -0.39 is 0 Å². The summed E-state index contributed by atoms with van der Waals surface area (Å²) in [5.74, 6) is 0.0572. The standard InChI is InChI=1S/C25H24FN3O2S2/c26-20-10-5-4-9-19(20)17-33-25-28-21-13-16-32-23(21)24(31)29(25)15-6-11-22(30)27-14-12-18-7-2-1-3-8-18/h1-5,7-10,13,16H,6,11-12,14-15,17H2,(H,27,30). The monoisotopic (exact) mass is 481 g/mol. The molecule has 0 unspecified atom stereocenters. The van der Waals surface area contributed by atoms with E-state index in [1.54, 1.807) is 22.8 Å². The van der Waals surface area contributed by atoms with Gasteiger partial charge in [-0.1, -0.05) is 60.3 Å². The van der Waals surface area contributed by atoms with E-state index in [0.717, 1.165) is 6.42 Å². The second kappa shape index (κ2) is 11.2. The highest BCUT2D eigenvalue weighted by atomic mass is 32.2. The van der Waals surface area contributed by atoms with E-state index in [-0.39, 0.29) is 17.3 Å². The van der Waals surface area contributed by atoms with Crippen LogP contribution in [-0.2, 0) is 23.5 Å². The molecule has 0 radical (unpaired) electrons. The maximum atomic E-state index is 14.0. The predicted octanol–water partition coefficient (Wildman–Crippen LogP) is 5.03. The Bertz CT molecular complexity index is 1290. The van der Waals surface area contributed by atoms with Gasteiger partial charge in [0, 0.05) is 25.3 Å². The molecule has 0 saturated carbocycles. The maximum absolute atomic E-state index is 14.0. The summed E-state index contributed by atoms with van der Waals surface area (Å²) in [6, 6.07) is 18.4. The SMILES string of the molecule is O=C(CCCn1c(SCc2ccccc2F)nc2ccsc2c1=O)NCCc1ccccc1. The molecule has 0 bridgehead atoms. The van der Waals surface area contributed by atoms with Gasteiger partial charge in [0.1, 0.15) is 10.5 Å². The molecule has 0 aliphatic carbocycles. The first-order valence-corrected chi connectivity index (χ1v) is 12.6. The number of carbonyl (C=O) groups excluding carboxylic acids is 1. The Kier molecular flexibility index (Phi) is 7.91. The second-order valence-corrected chi connectivity index (χ2v) is 9.41. The fourth-order valence-electron chi connectivity index (χ4n) is 3.47. The quantitative estimate of drug-likeness (QED) is 0.255. The van der Waals surface area contributed by atoms with Gasteiger partial charge < -0.3 is 5.32 Å². The van der Waals surface area contributed by atoms with Crippen LogP contribution >= 0.6 is 23.1 Å². The van der Waals surface area contributed by atoms with Crippen molar-refractivity contribution >= 4 is 39.2 Å². The van der Waals surface area contributed by atoms with Gasteiger partial charge in [-0.25, -0.2) is 9.37 Å². The summed E-state index contributed by atoms with van der Waals surface area (Å²) < 4.78 is 16.2. The molecule has 8 heteroatoms. The fraction of sp³-hybridized carbons (Fsp3) is 0.240. The highest BCUT2D eigenvalue weighted by Crippen LogP contribution is 2.25. The number of thioether (sulfide) groups is 1. The van der Waals surface area contributed by atoms with Crippen LogP contribution in [0.5, 0.6) is 0 Å². The lowest BCUT2D eigenvalue weighted by molar-refractivity contribution is -0.121. The number of halogens is 1. The van der Waals surface area contributed by atoms with Crippen LogP contribution in [0.1, 0.15) is 24.0 Å². The first-order valence-electron chi connectivity index (χ1n) is 10.8. The number of amides is 1. The largest absolute Gasteiger partial charge is 0.356 e. The lowest BCUT2D eigenvalue weighted by Gasteiger charge is -2.12. The molecule has 0 aliphatic heterocycles. The Morgan fingerprint density at radius 3 is 2.70 bits per heavy atom. The van der Waals surface area contributed by atoms with Crippen molar-refractivity contribution in [2.24, 2.45) is 0 Å². The molecule has 1 N–H and O–H groups in total. The van der Waals surface area contributed by atoms with Crippen molar-refractivity contribution in [3.63, 3.8) is 0 Å². The molecule has 0 fully saturated rings. The number of hydrogen-bond acceptors (Lipinski definition) is 5. The molecule has 2 heterocycles. The number of carbonyl (C=O) groups is 1.